The minimum absolute atomic E-state index is 0.137. The van der Waals surface area contributed by atoms with Crippen LogP contribution in [0.5, 0.6) is 5.75 Å². The summed E-state index contributed by atoms with van der Waals surface area (Å²) in [6.07, 6.45) is 3.37. The third-order valence-corrected chi connectivity index (χ3v) is 5.06. The first-order valence-corrected chi connectivity index (χ1v) is 9.65. The Morgan fingerprint density at radius 3 is 2.84 bits per heavy atom. The first-order chi connectivity index (χ1) is 12.2. The summed E-state index contributed by atoms with van der Waals surface area (Å²) in [5.74, 6) is 1.72. The fourth-order valence-electron chi connectivity index (χ4n) is 2.92. The molecule has 1 atom stereocenters. The van der Waals surface area contributed by atoms with Gasteiger partial charge in [0.1, 0.15) is 5.75 Å². The van der Waals surface area contributed by atoms with E-state index in [2.05, 4.69) is 17.1 Å². The number of aromatic nitrogens is 2. The van der Waals surface area contributed by atoms with Gasteiger partial charge in [-0.05, 0) is 57.4 Å². The Hall–Kier alpha value is -2.02. The van der Waals surface area contributed by atoms with E-state index in [1.807, 2.05) is 36.1 Å². The molecule has 134 valence electrons. The molecule has 1 aliphatic heterocycles. The third-order valence-electron chi connectivity index (χ3n) is 4.26. The molecule has 1 aromatic carbocycles. The van der Waals surface area contributed by atoms with Gasteiger partial charge in [0, 0.05) is 18.2 Å². The molecule has 0 aliphatic carbocycles. The van der Waals surface area contributed by atoms with Crippen molar-refractivity contribution in [3.8, 4) is 17.2 Å². The molecule has 6 nitrogen and oxygen atoms in total. The zero-order valence-electron chi connectivity index (χ0n) is 14.6. The lowest BCUT2D eigenvalue weighted by atomic mass is 10.0. The van der Waals surface area contributed by atoms with E-state index in [1.54, 1.807) is 0 Å². The van der Waals surface area contributed by atoms with Crippen molar-refractivity contribution in [2.24, 2.45) is 0 Å². The quantitative estimate of drug-likeness (QED) is 0.732. The maximum absolute atomic E-state index is 12.4. The lowest BCUT2D eigenvalue weighted by Crippen LogP contribution is -2.42. The maximum Gasteiger partial charge on any atom is 0.277 e. The number of thioether (sulfide) groups is 1. The molecule has 1 aromatic heterocycles. The van der Waals surface area contributed by atoms with Gasteiger partial charge in [0.25, 0.3) is 5.22 Å². The van der Waals surface area contributed by atoms with Gasteiger partial charge >= 0.3 is 0 Å². The summed E-state index contributed by atoms with van der Waals surface area (Å²) >= 11 is 1.29. The highest BCUT2D eigenvalue weighted by Gasteiger charge is 2.23. The van der Waals surface area contributed by atoms with E-state index in [-0.39, 0.29) is 5.91 Å². The summed E-state index contributed by atoms with van der Waals surface area (Å²) in [7, 11) is 0. The van der Waals surface area contributed by atoms with Crippen molar-refractivity contribution in [3.63, 3.8) is 0 Å². The van der Waals surface area contributed by atoms with E-state index in [0.717, 1.165) is 30.7 Å². The molecule has 25 heavy (non-hydrogen) atoms. The molecule has 0 saturated carbocycles. The predicted octanol–water partition coefficient (Wildman–Crippen LogP) is 3.63. The molecule has 1 saturated heterocycles. The Morgan fingerprint density at radius 2 is 2.12 bits per heavy atom. The number of rotatable bonds is 6. The van der Waals surface area contributed by atoms with Gasteiger partial charge < -0.3 is 14.1 Å². The van der Waals surface area contributed by atoms with Gasteiger partial charge in [-0.15, -0.1) is 10.2 Å². The van der Waals surface area contributed by atoms with Crippen molar-refractivity contribution in [2.45, 2.75) is 44.4 Å². The molecule has 0 unspecified atom stereocenters. The molecule has 1 fully saturated rings. The van der Waals surface area contributed by atoms with Gasteiger partial charge in [0.15, 0.2) is 0 Å². The molecular weight excluding hydrogens is 338 g/mol. The molecular formula is C18H23N3O3S. The second-order valence-corrected chi connectivity index (χ2v) is 6.98. The number of hydrogen-bond acceptors (Lipinski definition) is 6. The SMILES string of the molecule is CCOc1ccc(-c2nnc(SCC(=O)N3CCCC[C@@H]3C)o2)cc1. The highest BCUT2D eigenvalue weighted by molar-refractivity contribution is 7.99. The van der Waals surface area contributed by atoms with Gasteiger partial charge in [-0.1, -0.05) is 11.8 Å². The Balaban J connectivity index is 1.57. The van der Waals surface area contributed by atoms with Crippen LogP contribution >= 0.6 is 11.8 Å². The van der Waals surface area contributed by atoms with Gasteiger partial charge in [0.2, 0.25) is 11.8 Å². The second-order valence-electron chi connectivity index (χ2n) is 6.05. The van der Waals surface area contributed by atoms with Crippen molar-refractivity contribution >= 4 is 17.7 Å². The fraction of sp³-hybridized carbons (Fsp3) is 0.500. The molecule has 0 N–H and O–H groups in total. The van der Waals surface area contributed by atoms with Crippen molar-refractivity contribution in [1.82, 2.24) is 15.1 Å². The average molecular weight is 361 g/mol. The summed E-state index contributed by atoms with van der Waals surface area (Å²) in [5.41, 5.74) is 0.832. The Morgan fingerprint density at radius 1 is 1.32 bits per heavy atom. The van der Waals surface area contributed by atoms with Gasteiger partial charge in [-0.2, -0.15) is 0 Å². The van der Waals surface area contributed by atoms with E-state index >= 15 is 0 Å². The smallest absolute Gasteiger partial charge is 0.277 e. The molecule has 2 heterocycles. The van der Waals surface area contributed by atoms with Crippen LogP contribution in [0.3, 0.4) is 0 Å². The number of benzene rings is 1. The zero-order chi connectivity index (χ0) is 17.6. The number of carbonyl (C=O) groups is 1. The van der Waals surface area contributed by atoms with Crippen LogP contribution in [0.4, 0.5) is 0 Å². The molecule has 0 spiro atoms. The predicted molar refractivity (Wildman–Crippen MR) is 96.7 cm³/mol. The molecule has 2 aromatic rings. The number of nitrogens with zero attached hydrogens (tertiary/aromatic N) is 3. The van der Waals surface area contributed by atoms with E-state index < -0.39 is 0 Å². The van der Waals surface area contributed by atoms with Crippen LogP contribution < -0.4 is 4.74 Å². The molecule has 0 radical (unpaired) electrons. The monoisotopic (exact) mass is 361 g/mol. The number of ether oxygens (including phenoxy) is 1. The molecule has 3 rings (SSSR count). The standard InChI is InChI=1S/C18H23N3O3S/c1-3-23-15-9-7-14(8-10-15)17-19-20-18(24-17)25-12-16(22)21-11-5-4-6-13(21)2/h7-10,13H,3-6,11-12H2,1-2H3/t13-/m0/s1. The minimum atomic E-state index is 0.137. The minimum Gasteiger partial charge on any atom is -0.494 e. The van der Waals surface area contributed by atoms with Crippen molar-refractivity contribution in [3.05, 3.63) is 24.3 Å². The summed E-state index contributed by atoms with van der Waals surface area (Å²) < 4.78 is 11.1. The van der Waals surface area contributed by atoms with E-state index in [4.69, 9.17) is 9.15 Å². The van der Waals surface area contributed by atoms with Crippen LogP contribution in [-0.2, 0) is 4.79 Å². The molecule has 1 amide bonds. The van der Waals surface area contributed by atoms with Crippen LogP contribution in [0.1, 0.15) is 33.1 Å². The third kappa shape index (κ3) is 4.54. The lowest BCUT2D eigenvalue weighted by Gasteiger charge is -2.33. The number of hydrogen-bond donors (Lipinski definition) is 0. The molecule has 0 bridgehead atoms. The summed E-state index contributed by atoms with van der Waals surface area (Å²) in [4.78, 5) is 14.3. The fourth-order valence-corrected chi connectivity index (χ4v) is 3.57. The Kier molecular flexibility index (Phi) is 5.96. The molecule has 1 aliphatic rings. The summed E-state index contributed by atoms with van der Waals surface area (Å²) in [5, 5.41) is 8.51. The van der Waals surface area contributed by atoms with Crippen LogP contribution in [0.15, 0.2) is 33.9 Å². The van der Waals surface area contributed by atoms with Gasteiger partial charge in [0.05, 0.1) is 12.4 Å². The number of carbonyl (C=O) groups excluding carboxylic acids is 1. The summed E-state index contributed by atoms with van der Waals surface area (Å²) in [6.45, 7) is 5.53. The Labute approximate surface area is 151 Å². The summed E-state index contributed by atoms with van der Waals surface area (Å²) in [6, 6.07) is 7.83. The van der Waals surface area contributed by atoms with E-state index in [9.17, 15) is 4.79 Å². The molecule has 7 heteroatoms. The first-order valence-electron chi connectivity index (χ1n) is 8.66. The van der Waals surface area contributed by atoms with Crippen molar-refractivity contribution in [1.29, 1.82) is 0 Å². The van der Waals surface area contributed by atoms with Gasteiger partial charge in [-0.3, -0.25) is 4.79 Å². The topological polar surface area (TPSA) is 68.5 Å². The number of piperidine rings is 1. The first kappa shape index (κ1) is 17.8. The largest absolute Gasteiger partial charge is 0.494 e. The van der Waals surface area contributed by atoms with Crippen LogP contribution in [0.25, 0.3) is 11.5 Å². The maximum atomic E-state index is 12.4. The van der Waals surface area contributed by atoms with E-state index in [1.165, 1.54) is 18.2 Å². The van der Waals surface area contributed by atoms with Crippen molar-refractivity contribution < 1.29 is 13.9 Å². The normalized spacial score (nSPS) is 17.5. The van der Waals surface area contributed by atoms with Crippen LogP contribution in [-0.4, -0.2) is 46.0 Å². The zero-order valence-corrected chi connectivity index (χ0v) is 15.4. The number of amides is 1. The average Bonchev–Trinajstić information content (AvgIpc) is 3.10. The highest BCUT2D eigenvalue weighted by Crippen LogP contribution is 2.26. The number of likely N-dealkylation sites (tertiary alicyclic amines) is 1. The highest BCUT2D eigenvalue weighted by atomic mass is 32.2. The Bertz CT molecular complexity index is 702. The van der Waals surface area contributed by atoms with Crippen LogP contribution in [0.2, 0.25) is 0 Å². The van der Waals surface area contributed by atoms with Crippen molar-refractivity contribution in [2.75, 3.05) is 18.9 Å². The second kappa shape index (κ2) is 8.38. The van der Waals surface area contributed by atoms with E-state index in [0.29, 0.717) is 29.5 Å². The van der Waals surface area contributed by atoms with Gasteiger partial charge in [-0.25, -0.2) is 0 Å². The van der Waals surface area contributed by atoms with Crippen LogP contribution in [0, 0.1) is 0 Å². The lowest BCUT2D eigenvalue weighted by molar-refractivity contribution is -0.131.